The van der Waals surface area contributed by atoms with Gasteiger partial charge < -0.3 is 19.5 Å². The average Bonchev–Trinajstić information content (AvgIpc) is 3.42. The highest BCUT2D eigenvalue weighted by Gasteiger charge is 2.14. The number of carbonyl (C=O) groups excluding carboxylic acids is 1. The Morgan fingerprint density at radius 1 is 1.09 bits per heavy atom. The van der Waals surface area contributed by atoms with E-state index >= 15 is 0 Å². The molecule has 4 aromatic rings. The van der Waals surface area contributed by atoms with Gasteiger partial charge in [-0.15, -0.1) is 16.4 Å². The zero-order valence-corrected chi connectivity index (χ0v) is 19.6. The Kier molecular flexibility index (Phi) is 7.09. The number of thiazole rings is 1. The molecule has 2 aromatic heterocycles. The van der Waals surface area contributed by atoms with Crippen LogP contribution in [0.1, 0.15) is 18.2 Å². The Morgan fingerprint density at radius 3 is 2.61 bits per heavy atom. The Bertz CT molecular complexity index is 1230. The summed E-state index contributed by atoms with van der Waals surface area (Å²) in [5, 5.41) is 9.66. The van der Waals surface area contributed by atoms with Crippen LogP contribution in [0.2, 0.25) is 0 Å². The number of ether oxygens (including phenoxy) is 3. The molecule has 2 heterocycles. The number of rotatable bonds is 10. The third kappa shape index (κ3) is 5.25. The van der Waals surface area contributed by atoms with Crippen molar-refractivity contribution in [1.82, 2.24) is 19.9 Å². The molecule has 33 heavy (non-hydrogen) atoms. The van der Waals surface area contributed by atoms with Crippen LogP contribution in [0.3, 0.4) is 0 Å². The molecular weight excluding hydrogens is 440 g/mol. The second-order valence-corrected chi connectivity index (χ2v) is 8.12. The molecule has 0 fully saturated rings. The molecule has 0 bridgehead atoms. The number of nitrogens with zero attached hydrogens (tertiary/aromatic N) is 3. The number of methoxy groups -OCH3 is 2. The second-order valence-electron chi connectivity index (χ2n) is 7.28. The van der Waals surface area contributed by atoms with Gasteiger partial charge in [0.25, 0.3) is 0 Å². The van der Waals surface area contributed by atoms with Crippen LogP contribution >= 0.6 is 11.3 Å². The lowest BCUT2D eigenvalue weighted by atomic mass is 10.1. The van der Waals surface area contributed by atoms with Crippen molar-refractivity contribution >= 4 is 22.2 Å². The van der Waals surface area contributed by atoms with Gasteiger partial charge in [-0.1, -0.05) is 12.1 Å². The van der Waals surface area contributed by atoms with Crippen LogP contribution in [0.15, 0.2) is 47.8 Å². The number of benzene rings is 2. The van der Waals surface area contributed by atoms with Crippen LogP contribution in [0.4, 0.5) is 0 Å². The van der Waals surface area contributed by atoms with Gasteiger partial charge in [0.2, 0.25) is 10.9 Å². The molecular formula is C24H26N4O4S. The standard InChI is InChI=1S/C24H26N4O4S/c1-4-32-19-8-5-16(6-9-19)13-22(29)25-12-11-18-15-33-24-26-23(27-28(18)24)17-7-10-20(30-2)21(14-17)31-3/h5-10,14-15H,4,11-13H2,1-3H3,(H,25,29). The first kappa shape index (κ1) is 22.6. The largest absolute Gasteiger partial charge is 0.494 e. The van der Waals surface area contributed by atoms with Gasteiger partial charge in [0.15, 0.2) is 17.3 Å². The van der Waals surface area contributed by atoms with Crippen molar-refractivity contribution in [3.63, 3.8) is 0 Å². The molecule has 0 aliphatic heterocycles. The van der Waals surface area contributed by atoms with Crippen molar-refractivity contribution in [3.8, 4) is 28.6 Å². The Balaban J connectivity index is 1.36. The van der Waals surface area contributed by atoms with E-state index in [1.54, 1.807) is 14.2 Å². The van der Waals surface area contributed by atoms with Gasteiger partial charge in [-0.25, -0.2) is 4.52 Å². The fourth-order valence-corrected chi connectivity index (χ4v) is 4.30. The summed E-state index contributed by atoms with van der Waals surface area (Å²) >= 11 is 1.52. The minimum atomic E-state index is -0.0183. The molecule has 0 aliphatic carbocycles. The van der Waals surface area contributed by atoms with E-state index in [2.05, 4.69) is 15.4 Å². The quantitative estimate of drug-likeness (QED) is 0.383. The number of aromatic nitrogens is 3. The summed E-state index contributed by atoms with van der Waals surface area (Å²) < 4.78 is 17.9. The first-order valence-corrected chi connectivity index (χ1v) is 11.5. The van der Waals surface area contributed by atoms with Crippen molar-refractivity contribution in [2.24, 2.45) is 0 Å². The normalized spacial score (nSPS) is 10.9. The van der Waals surface area contributed by atoms with Crippen LogP contribution in [0.5, 0.6) is 17.2 Å². The first-order chi connectivity index (χ1) is 16.1. The van der Waals surface area contributed by atoms with E-state index in [0.717, 1.165) is 27.5 Å². The van der Waals surface area contributed by atoms with Gasteiger partial charge in [-0.05, 0) is 42.8 Å². The van der Waals surface area contributed by atoms with E-state index in [0.29, 0.717) is 43.3 Å². The molecule has 0 saturated heterocycles. The van der Waals surface area contributed by atoms with Crippen LogP contribution in [0, 0.1) is 0 Å². The first-order valence-electron chi connectivity index (χ1n) is 10.6. The van der Waals surface area contributed by atoms with E-state index in [1.807, 2.05) is 59.3 Å². The van der Waals surface area contributed by atoms with Gasteiger partial charge >= 0.3 is 0 Å². The third-order valence-corrected chi connectivity index (χ3v) is 5.96. The van der Waals surface area contributed by atoms with E-state index in [-0.39, 0.29) is 5.91 Å². The summed E-state index contributed by atoms with van der Waals surface area (Å²) in [4.78, 5) is 17.8. The van der Waals surface area contributed by atoms with Crippen molar-refractivity contribution in [2.75, 3.05) is 27.4 Å². The highest BCUT2D eigenvalue weighted by atomic mass is 32.1. The van der Waals surface area contributed by atoms with Gasteiger partial charge in [-0.2, -0.15) is 4.98 Å². The van der Waals surface area contributed by atoms with Crippen molar-refractivity contribution in [2.45, 2.75) is 19.8 Å². The highest BCUT2D eigenvalue weighted by molar-refractivity contribution is 7.15. The number of amides is 1. The summed E-state index contributed by atoms with van der Waals surface area (Å²) in [6, 6.07) is 13.2. The maximum atomic E-state index is 12.3. The highest BCUT2D eigenvalue weighted by Crippen LogP contribution is 2.31. The number of carbonyl (C=O) groups is 1. The molecule has 0 spiro atoms. The fraction of sp³-hybridized carbons (Fsp3) is 0.292. The van der Waals surface area contributed by atoms with E-state index in [4.69, 9.17) is 14.2 Å². The van der Waals surface area contributed by atoms with Crippen LogP contribution in [0.25, 0.3) is 16.3 Å². The van der Waals surface area contributed by atoms with Gasteiger partial charge in [0.05, 0.1) is 32.9 Å². The SMILES string of the molecule is CCOc1ccc(CC(=O)NCCc2csc3nc(-c4ccc(OC)c(OC)c4)nn23)cc1. The fourth-order valence-electron chi connectivity index (χ4n) is 3.44. The zero-order valence-electron chi connectivity index (χ0n) is 18.8. The minimum Gasteiger partial charge on any atom is -0.494 e. The van der Waals surface area contributed by atoms with E-state index in [9.17, 15) is 4.79 Å². The maximum Gasteiger partial charge on any atom is 0.224 e. The van der Waals surface area contributed by atoms with Crippen molar-refractivity contribution in [3.05, 3.63) is 59.1 Å². The smallest absolute Gasteiger partial charge is 0.224 e. The number of hydrogen-bond donors (Lipinski definition) is 1. The molecule has 8 nitrogen and oxygen atoms in total. The predicted molar refractivity (Wildman–Crippen MR) is 127 cm³/mol. The third-order valence-electron chi connectivity index (χ3n) is 5.09. The number of fused-ring (bicyclic) bond motifs is 1. The van der Waals surface area contributed by atoms with Crippen LogP contribution in [-0.2, 0) is 17.6 Å². The van der Waals surface area contributed by atoms with E-state index < -0.39 is 0 Å². The van der Waals surface area contributed by atoms with Gasteiger partial charge in [0, 0.05) is 23.9 Å². The molecule has 0 radical (unpaired) electrons. The monoisotopic (exact) mass is 466 g/mol. The lowest BCUT2D eigenvalue weighted by Crippen LogP contribution is -2.27. The Labute approximate surface area is 196 Å². The zero-order chi connectivity index (χ0) is 23.2. The lowest BCUT2D eigenvalue weighted by Gasteiger charge is -2.07. The molecule has 0 saturated carbocycles. The molecule has 0 atom stereocenters. The van der Waals surface area contributed by atoms with Crippen LogP contribution < -0.4 is 19.5 Å². The van der Waals surface area contributed by atoms with Crippen molar-refractivity contribution < 1.29 is 19.0 Å². The molecule has 0 unspecified atom stereocenters. The summed E-state index contributed by atoms with van der Waals surface area (Å²) in [6.07, 6.45) is 0.988. The summed E-state index contributed by atoms with van der Waals surface area (Å²) in [5.74, 6) is 2.69. The number of hydrogen-bond acceptors (Lipinski definition) is 7. The molecule has 2 aromatic carbocycles. The molecule has 0 aliphatic rings. The maximum absolute atomic E-state index is 12.3. The summed E-state index contributed by atoms with van der Waals surface area (Å²) in [7, 11) is 3.20. The summed E-state index contributed by atoms with van der Waals surface area (Å²) in [6.45, 7) is 3.09. The molecule has 1 amide bonds. The average molecular weight is 467 g/mol. The van der Waals surface area contributed by atoms with Crippen molar-refractivity contribution in [1.29, 1.82) is 0 Å². The molecule has 4 rings (SSSR count). The van der Waals surface area contributed by atoms with Crippen LogP contribution in [-0.4, -0.2) is 47.9 Å². The minimum absolute atomic E-state index is 0.0183. The summed E-state index contributed by atoms with van der Waals surface area (Å²) in [5.41, 5.74) is 2.79. The van der Waals surface area contributed by atoms with E-state index in [1.165, 1.54) is 11.3 Å². The Hall–Kier alpha value is -3.59. The molecule has 9 heteroatoms. The topological polar surface area (TPSA) is 87.0 Å². The lowest BCUT2D eigenvalue weighted by molar-refractivity contribution is -0.120. The predicted octanol–water partition coefficient (Wildman–Crippen LogP) is 3.78. The van der Waals surface area contributed by atoms with Gasteiger partial charge in [0.1, 0.15) is 5.75 Å². The number of nitrogens with one attached hydrogen (secondary N) is 1. The second kappa shape index (κ2) is 10.4. The van der Waals surface area contributed by atoms with Gasteiger partial charge in [-0.3, -0.25) is 4.79 Å². The molecule has 1 N–H and O–H groups in total. The Morgan fingerprint density at radius 2 is 1.88 bits per heavy atom. The molecule has 172 valence electrons.